The zero-order valence-electron chi connectivity index (χ0n) is 21.2. The van der Waals surface area contributed by atoms with Gasteiger partial charge in [0.05, 0.1) is 11.0 Å². The summed E-state index contributed by atoms with van der Waals surface area (Å²) in [4.78, 5) is 11.9. The molecule has 1 N–H and O–H groups in total. The van der Waals surface area contributed by atoms with Crippen molar-refractivity contribution in [3.05, 3.63) is 83.5 Å². The minimum absolute atomic E-state index is 0.000752. The molecule has 7 nitrogen and oxygen atoms in total. The van der Waals surface area contributed by atoms with Gasteiger partial charge in [-0.2, -0.15) is 4.31 Å². The number of ether oxygens (including phenoxy) is 1. The van der Waals surface area contributed by atoms with Crippen molar-refractivity contribution in [2.45, 2.75) is 43.7 Å². The lowest BCUT2D eigenvalue weighted by Gasteiger charge is -2.17. The van der Waals surface area contributed by atoms with Crippen LogP contribution in [0.5, 0.6) is 5.75 Å². The van der Waals surface area contributed by atoms with Crippen LogP contribution in [-0.4, -0.2) is 47.6 Å². The molecule has 1 fully saturated rings. The molecule has 38 heavy (non-hydrogen) atoms. The highest BCUT2D eigenvalue weighted by Crippen LogP contribution is 2.38. The molecule has 1 aliphatic rings. The van der Waals surface area contributed by atoms with E-state index >= 15 is 0 Å². The Balaban J connectivity index is 1.45. The van der Waals surface area contributed by atoms with Gasteiger partial charge in [0.15, 0.2) is 0 Å². The van der Waals surface area contributed by atoms with Gasteiger partial charge in [-0.1, -0.05) is 41.9 Å². The minimum Gasteiger partial charge on any atom is -0.491 e. The molecular formula is C29H29ClN2O5S. The number of aliphatic carboxylic acids is 1. The summed E-state index contributed by atoms with van der Waals surface area (Å²) in [5.41, 5.74) is 3.48. The van der Waals surface area contributed by atoms with Crippen LogP contribution in [0, 0.1) is 0 Å². The molecule has 0 spiro atoms. The van der Waals surface area contributed by atoms with E-state index in [1.807, 2.05) is 62.5 Å². The minimum atomic E-state index is -3.68. The van der Waals surface area contributed by atoms with Gasteiger partial charge >= 0.3 is 5.97 Å². The van der Waals surface area contributed by atoms with Crippen LogP contribution < -0.4 is 4.74 Å². The zero-order valence-corrected chi connectivity index (χ0v) is 22.7. The first kappa shape index (κ1) is 26.3. The Kier molecular flexibility index (Phi) is 7.22. The maximum Gasteiger partial charge on any atom is 0.323 e. The average molecular weight is 553 g/mol. The summed E-state index contributed by atoms with van der Waals surface area (Å²) in [6.45, 7) is 4.35. The van der Waals surface area contributed by atoms with Crippen LogP contribution in [0.4, 0.5) is 0 Å². The number of rotatable bonds is 8. The Morgan fingerprint density at radius 2 is 1.84 bits per heavy atom. The Morgan fingerprint density at radius 3 is 2.53 bits per heavy atom. The van der Waals surface area contributed by atoms with Crippen molar-refractivity contribution in [3.8, 4) is 16.9 Å². The SMILES string of the molecule is CC(C)Oc1ccc(S(=O)(=O)N2CCC(c3cn(CC(=O)O)c4cc(-c5ccccc5Cl)ccc34)C2)cc1. The molecule has 5 rings (SSSR count). The summed E-state index contributed by atoms with van der Waals surface area (Å²) in [6.07, 6.45) is 2.50. The van der Waals surface area contributed by atoms with Gasteiger partial charge in [0.1, 0.15) is 12.3 Å². The fraction of sp³-hybridized carbons (Fsp3) is 0.276. The van der Waals surface area contributed by atoms with E-state index in [1.165, 1.54) is 4.31 Å². The van der Waals surface area contributed by atoms with Crippen LogP contribution in [0.1, 0.15) is 31.7 Å². The zero-order chi connectivity index (χ0) is 27.0. The fourth-order valence-corrected chi connectivity index (χ4v) is 6.84. The molecule has 9 heteroatoms. The quantitative estimate of drug-likeness (QED) is 0.289. The summed E-state index contributed by atoms with van der Waals surface area (Å²) in [5.74, 6) is -0.380. The van der Waals surface area contributed by atoms with E-state index < -0.39 is 16.0 Å². The summed E-state index contributed by atoms with van der Waals surface area (Å²) in [5, 5.41) is 11.1. The first-order valence-electron chi connectivity index (χ1n) is 12.5. The number of sulfonamides is 1. The van der Waals surface area contributed by atoms with E-state index in [4.69, 9.17) is 16.3 Å². The predicted octanol–water partition coefficient (Wildman–Crippen LogP) is 6.01. The third kappa shape index (κ3) is 5.16. The smallest absolute Gasteiger partial charge is 0.323 e. The monoisotopic (exact) mass is 552 g/mol. The number of fused-ring (bicyclic) bond motifs is 1. The second-order valence-corrected chi connectivity index (χ2v) is 12.1. The number of carbonyl (C=O) groups is 1. The highest BCUT2D eigenvalue weighted by atomic mass is 35.5. The summed E-state index contributed by atoms with van der Waals surface area (Å²) < 4.78 is 35.6. The van der Waals surface area contributed by atoms with Crippen LogP contribution in [0.25, 0.3) is 22.0 Å². The summed E-state index contributed by atoms with van der Waals surface area (Å²) in [6, 6.07) is 19.9. The maximum absolute atomic E-state index is 13.4. The first-order chi connectivity index (χ1) is 18.1. The molecule has 3 aromatic carbocycles. The maximum atomic E-state index is 13.4. The van der Waals surface area contributed by atoms with Crippen LogP contribution in [-0.2, 0) is 21.4 Å². The van der Waals surface area contributed by atoms with Crippen LogP contribution >= 0.6 is 11.6 Å². The van der Waals surface area contributed by atoms with Gasteiger partial charge in [-0.15, -0.1) is 0 Å². The van der Waals surface area contributed by atoms with E-state index in [1.54, 1.807) is 28.8 Å². The Labute approximate surface area is 227 Å². The second kappa shape index (κ2) is 10.4. The third-order valence-corrected chi connectivity index (χ3v) is 9.04. The van der Waals surface area contributed by atoms with Gasteiger partial charge in [0.25, 0.3) is 0 Å². The van der Waals surface area contributed by atoms with Gasteiger partial charge in [-0.25, -0.2) is 8.42 Å². The van der Waals surface area contributed by atoms with Crippen molar-refractivity contribution < 1.29 is 23.1 Å². The van der Waals surface area contributed by atoms with E-state index in [0.717, 1.165) is 27.6 Å². The van der Waals surface area contributed by atoms with Crippen molar-refractivity contribution in [3.63, 3.8) is 0 Å². The molecule has 4 aromatic rings. The number of hydrogen-bond donors (Lipinski definition) is 1. The molecule has 0 bridgehead atoms. The molecule has 1 aliphatic heterocycles. The Bertz CT molecular complexity index is 1600. The number of hydrogen-bond acceptors (Lipinski definition) is 4. The molecular weight excluding hydrogens is 524 g/mol. The highest BCUT2D eigenvalue weighted by Gasteiger charge is 2.34. The Morgan fingerprint density at radius 1 is 1.11 bits per heavy atom. The number of aromatic nitrogens is 1. The number of halogens is 1. The molecule has 0 amide bonds. The van der Waals surface area contributed by atoms with Gasteiger partial charge in [-0.3, -0.25) is 4.79 Å². The van der Waals surface area contributed by atoms with Gasteiger partial charge in [0.2, 0.25) is 10.0 Å². The van der Waals surface area contributed by atoms with Crippen LogP contribution in [0.15, 0.2) is 77.8 Å². The van der Waals surface area contributed by atoms with Crippen LogP contribution in [0.2, 0.25) is 5.02 Å². The van der Waals surface area contributed by atoms with Crippen LogP contribution in [0.3, 0.4) is 0 Å². The van der Waals surface area contributed by atoms with E-state index in [2.05, 4.69) is 0 Å². The lowest BCUT2D eigenvalue weighted by Crippen LogP contribution is -2.28. The van der Waals surface area contributed by atoms with Crippen molar-refractivity contribution in [1.82, 2.24) is 8.87 Å². The number of carboxylic acids is 1. The lowest BCUT2D eigenvalue weighted by molar-refractivity contribution is -0.137. The molecule has 0 saturated carbocycles. The molecule has 1 atom stereocenters. The van der Waals surface area contributed by atoms with Gasteiger partial charge in [0, 0.05) is 46.7 Å². The molecule has 1 unspecified atom stereocenters. The number of nitrogens with zero attached hydrogens (tertiary/aromatic N) is 2. The summed E-state index contributed by atoms with van der Waals surface area (Å²) in [7, 11) is -3.68. The normalized spacial score (nSPS) is 16.4. The summed E-state index contributed by atoms with van der Waals surface area (Å²) >= 11 is 6.41. The second-order valence-electron chi connectivity index (χ2n) is 9.80. The van der Waals surface area contributed by atoms with E-state index in [0.29, 0.717) is 30.3 Å². The Hall–Kier alpha value is -3.33. The molecule has 0 radical (unpaired) electrons. The molecule has 198 valence electrons. The van der Waals surface area contributed by atoms with Gasteiger partial charge < -0.3 is 14.4 Å². The largest absolute Gasteiger partial charge is 0.491 e. The number of benzene rings is 3. The molecule has 0 aliphatic carbocycles. The predicted molar refractivity (Wildman–Crippen MR) is 148 cm³/mol. The standard InChI is InChI=1S/C29H29ClN2O5S/c1-19(2)37-22-8-10-23(11-9-22)38(35,36)32-14-13-21(16-32)26-17-31(18-29(33)34)28-15-20(7-12-25(26)28)24-5-3-4-6-27(24)30/h3-12,15,17,19,21H,13-14,16,18H2,1-2H3,(H,33,34). The van der Waals surface area contributed by atoms with Gasteiger partial charge in [-0.05, 0) is 67.8 Å². The molecule has 2 heterocycles. The first-order valence-corrected chi connectivity index (χ1v) is 14.3. The highest BCUT2D eigenvalue weighted by molar-refractivity contribution is 7.89. The molecule has 1 aromatic heterocycles. The van der Waals surface area contributed by atoms with Crippen molar-refractivity contribution in [1.29, 1.82) is 0 Å². The average Bonchev–Trinajstić information content (AvgIpc) is 3.50. The molecule has 1 saturated heterocycles. The van der Waals surface area contributed by atoms with Crippen molar-refractivity contribution >= 4 is 38.5 Å². The van der Waals surface area contributed by atoms with E-state index in [9.17, 15) is 18.3 Å². The third-order valence-electron chi connectivity index (χ3n) is 6.83. The number of carboxylic acid groups (broad SMARTS) is 1. The lowest BCUT2D eigenvalue weighted by atomic mass is 9.96. The van der Waals surface area contributed by atoms with Crippen molar-refractivity contribution in [2.24, 2.45) is 0 Å². The fourth-order valence-electron chi connectivity index (χ4n) is 5.10. The topological polar surface area (TPSA) is 88.8 Å². The van der Waals surface area contributed by atoms with E-state index in [-0.39, 0.29) is 23.5 Å². The van der Waals surface area contributed by atoms with Crippen molar-refractivity contribution in [2.75, 3.05) is 13.1 Å².